The first kappa shape index (κ1) is 23.7. The molecule has 2 aromatic carbocycles. The van der Waals surface area contributed by atoms with Gasteiger partial charge in [0.1, 0.15) is 12.4 Å². The highest BCUT2D eigenvalue weighted by Gasteiger charge is 2.17. The molecule has 0 atom stereocenters. The Labute approximate surface area is 213 Å². The number of ether oxygens (including phenoxy) is 1. The second kappa shape index (κ2) is 10.2. The Bertz CT molecular complexity index is 1280. The molecule has 0 fully saturated rings. The van der Waals surface area contributed by atoms with Crippen molar-refractivity contribution in [1.29, 1.82) is 0 Å². The normalized spacial score (nSPS) is 10.9. The second-order valence-electron chi connectivity index (χ2n) is 7.22. The van der Waals surface area contributed by atoms with Crippen molar-refractivity contribution < 1.29 is 13.9 Å². The Hall–Kier alpha value is -2.45. The van der Waals surface area contributed by atoms with E-state index in [1.807, 2.05) is 31.2 Å². The minimum absolute atomic E-state index is 0.0310. The van der Waals surface area contributed by atoms with Gasteiger partial charge in [-0.05, 0) is 52.7 Å². The van der Waals surface area contributed by atoms with E-state index in [1.54, 1.807) is 23.0 Å². The smallest absolute Gasteiger partial charge is 0.292 e. The average molecular weight is 570 g/mol. The first-order chi connectivity index (χ1) is 15.8. The van der Waals surface area contributed by atoms with Crippen molar-refractivity contribution in [2.24, 2.45) is 0 Å². The van der Waals surface area contributed by atoms with E-state index in [9.17, 15) is 4.79 Å². The number of hydrogen-bond donors (Lipinski definition) is 1. The number of anilines is 1. The van der Waals surface area contributed by atoms with E-state index in [4.69, 9.17) is 44.0 Å². The predicted molar refractivity (Wildman–Crippen MR) is 133 cm³/mol. The molecule has 0 bridgehead atoms. The number of carbonyl (C=O) groups excluding carboxylic acids is 1. The van der Waals surface area contributed by atoms with Crippen LogP contribution < -0.4 is 10.1 Å². The molecule has 4 aromatic rings. The largest absolute Gasteiger partial charge is 0.483 e. The lowest BCUT2D eigenvalue weighted by Gasteiger charge is -2.09. The maximum absolute atomic E-state index is 12.6. The second-order valence-corrected chi connectivity index (χ2v) is 9.32. The zero-order chi connectivity index (χ0) is 23.5. The quantitative estimate of drug-likeness (QED) is 0.252. The van der Waals surface area contributed by atoms with Crippen LogP contribution in [0.15, 0.2) is 63.6 Å². The predicted octanol–water partition coefficient (Wildman–Crippen LogP) is 7.39. The Morgan fingerprint density at radius 2 is 1.82 bits per heavy atom. The van der Waals surface area contributed by atoms with Gasteiger partial charge in [-0.25, -0.2) is 0 Å². The van der Waals surface area contributed by atoms with Crippen LogP contribution in [0, 0.1) is 6.92 Å². The summed E-state index contributed by atoms with van der Waals surface area (Å²) in [5.41, 5.74) is 2.29. The summed E-state index contributed by atoms with van der Waals surface area (Å²) in [6.07, 6.45) is 1.80. The number of furan rings is 1. The summed E-state index contributed by atoms with van der Waals surface area (Å²) in [6.45, 7) is 2.64. The maximum atomic E-state index is 12.6. The number of benzene rings is 2. The van der Waals surface area contributed by atoms with Gasteiger partial charge in [0.15, 0.2) is 17.3 Å². The molecular weight excluding hydrogens is 553 g/mol. The molecule has 4 rings (SSSR count). The molecule has 6 nitrogen and oxygen atoms in total. The Kier molecular flexibility index (Phi) is 7.34. The zero-order valence-electron chi connectivity index (χ0n) is 17.2. The molecule has 1 amide bonds. The highest BCUT2D eigenvalue weighted by molar-refractivity contribution is 9.10. The van der Waals surface area contributed by atoms with E-state index >= 15 is 0 Å². The molecular formula is C23H17BrCl3N3O3. The van der Waals surface area contributed by atoms with Gasteiger partial charge in [-0.1, -0.05) is 64.6 Å². The number of halogens is 4. The van der Waals surface area contributed by atoms with Crippen LogP contribution in [0.25, 0.3) is 0 Å². The van der Waals surface area contributed by atoms with Crippen LogP contribution in [0.4, 0.5) is 5.82 Å². The molecule has 2 heterocycles. The first-order valence-corrected chi connectivity index (χ1v) is 11.7. The fourth-order valence-corrected chi connectivity index (χ4v) is 4.34. The van der Waals surface area contributed by atoms with Crippen LogP contribution in [0.5, 0.6) is 5.75 Å². The number of hydrogen-bond acceptors (Lipinski definition) is 4. The lowest BCUT2D eigenvalue weighted by Crippen LogP contribution is -2.12. The highest BCUT2D eigenvalue weighted by atomic mass is 79.9. The molecule has 0 aliphatic rings. The zero-order valence-corrected chi connectivity index (χ0v) is 21.1. The van der Waals surface area contributed by atoms with Crippen LogP contribution in [-0.4, -0.2) is 15.7 Å². The standard InChI is InChI=1S/C23H17BrCl3N3O3/c1-13-2-4-14(5-3-13)10-30-11-17(24)22(29-30)28-23(31)20-7-6-16(33-20)12-32-21-18(26)8-15(25)9-19(21)27/h2-9,11H,10,12H2,1H3,(H,28,29,31). The topological polar surface area (TPSA) is 69.3 Å². The van der Waals surface area contributed by atoms with Gasteiger partial charge in [0, 0.05) is 11.2 Å². The summed E-state index contributed by atoms with van der Waals surface area (Å²) in [5.74, 6) is 0.771. The van der Waals surface area contributed by atoms with Gasteiger partial charge in [0.05, 0.1) is 21.1 Å². The van der Waals surface area contributed by atoms with Gasteiger partial charge in [-0.2, -0.15) is 5.10 Å². The third kappa shape index (κ3) is 5.92. The molecule has 0 aliphatic carbocycles. The van der Waals surface area contributed by atoms with E-state index < -0.39 is 5.91 Å². The van der Waals surface area contributed by atoms with Crippen LogP contribution >= 0.6 is 50.7 Å². The van der Waals surface area contributed by atoms with Crippen molar-refractivity contribution in [3.8, 4) is 5.75 Å². The van der Waals surface area contributed by atoms with Crippen molar-refractivity contribution in [2.75, 3.05) is 5.32 Å². The number of amides is 1. The molecule has 2 aromatic heterocycles. The number of carbonyl (C=O) groups is 1. The molecule has 1 N–H and O–H groups in total. The van der Waals surface area contributed by atoms with E-state index in [0.717, 1.165) is 5.56 Å². The molecule has 0 unspecified atom stereocenters. The van der Waals surface area contributed by atoms with Crippen LogP contribution in [0.3, 0.4) is 0 Å². The van der Waals surface area contributed by atoms with Crippen LogP contribution in [0.1, 0.15) is 27.4 Å². The average Bonchev–Trinajstić information content (AvgIpc) is 3.36. The minimum Gasteiger partial charge on any atom is -0.483 e. The van der Waals surface area contributed by atoms with E-state index in [0.29, 0.717) is 27.6 Å². The number of nitrogens with zero attached hydrogens (tertiary/aromatic N) is 2. The molecule has 170 valence electrons. The van der Waals surface area contributed by atoms with E-state index in [2.05, 4.69) is 26.3 Å². The number of aryl methyl sites for hydroxylation is 1. The van der Waals surface area contributed by atoms with Gasteiger partial charge in [0.2, 0.25) is 0 Å². The maximum Gasteiger partial charge on any atom is 0.292 e. The lowest BCUT2D eigenvalue weighted by atomic mass is 10.1. The van der Waals surface area contributed by atoms with Crippen molar-refractivity contribution in [2.45, 2.75) is 20.1 Å². The fraction of sp³-hybridized carbons (Fsp3) is 0.130. The molecule has 0 spiro atoms. The van der Waals surface area contributed by atoms with Gasteiger partial charge in [0.25, 0.3) is 5.91 Å². The third-order valence-corrected chi connectivity index (χ3v) is 5.98. The highest BCUT2D eigenvalue weighted by Crippen LogP contribution is 2.36. The summed E-state index contributed by atoms with van der Waals surface area (Å²) in [5, 5.41) is 8.14. The van der Waals surface area contributed by atoms with Gasteiger partial charge >= 0.3 is 0 Å². The first-order valence-electron chi connectivity index (χ1n) is 9.74. The Balaban J connectivity index is 1.39. The van der Waals surface area contributed by atoms with Crippen molar-refractivity contribution >= 4 is 62.5 Å². The summed E-state index contributed by atoms with van der Waals surface area (Å²) in [7, 11) is 0. The van der Waals surface area contributed by atoms with Gasteiger partial charge in [-0.3, -0.25) is 9.48 Å². The number of nitrogens with one attached hydrogen (secondary N) is 1. The summed E-state index contributed by atoms with van der Waals surface area (Å²) >= 11 is 21.6. The summed E-state index contributed by atoms with van der Waals surface area (Å²) < 4.78 is 13.6. The molecule has 0 saturated carbocycles. The monoisotopic (exact) mass is 567 g/mol. The molecule has 10 heteroatoms. The third-order valence-electron chi connectivity index (χ3n) is 4.62. The van der Waals surface area contributed by atoms with Crippen molar-refractivity contribution in [1.82, 2.24) is 9.78 Å². The fourth-order valence-electron chi connectivity index (χ4n) is 3.00. The van der Waals surface area contributed by atoms with E-state index in [1.165, 1.54) is 17.7 Å². The molecule has 0 radical (unpaired) electrons. The molecule has 0 saturated heterocycles. The van der Waals surface area contributed by atoms with Crippen LogP contribution in [-0.2, 0) is 13.2 Å². The lowest BCUT2D eigenvalue weighted by molar-refractivity contribution is 0.0992. The van der Waals surface area contributed by atoms with Crippen molar-refractivity contribution in [3.05, 3.63) is 96.9 Å². The molecule has 0 aliphatic heterocycles. The van der Waals surface area contributed by atoms with Crippen molar-refractivity contribution in [3.63, 3.8) is 0 Å². The minimum atomic E-state index is -0.440. The summed E-state index contributed by atoms with van der Waals surface area (Å²) in [4.78, 5) is 12.6. The van der Waals surface area contributed by atoms with Gasteiger partial charge < -0.3 is 14.5 Å². The Morgan fingerprint density at radius 3 is 2.52 bits per heavy atom. The Morgan fingerprint density at radius 1 is 1.12 bits per heavy atom. The SMILES string of the molecule is Cc1ccc(Cn2cc(Br)c(NC(=O)c3ccc(COc4c(Cl)cc(Cl)cc4Cl)o3)n2)cc1. The number of aromatic nitrogens is 2. The van der Waals surface area contributed by atoms with E-state index in [-0.39, 0.29) is 28.2 Å². The summed E-state index contributed by atoms with van der Waals surface area (Å²) in [6, 6.07) is 14.4. The van der Waals surface area contributed by atoms with Gasteiger partial charge in [-0.15, -0.1) is 0 Å². The number of rotatable bonds is 7. The van der Waals surface area contributed by atoms with Crippen LogP contribution in [0.2, 0.25) is 15.1 Å². The molecule has 33 heavy (non-hydrogen) atoms.